The summed E-state index contributed by atoms with van der Waals surface area (Å²) in [6.45, 7) is 0.359. The van der Waals surface area contributed by atoms with Crippen LogP contribution in [-0.4, -0.2) is 17.7 Å². The first-order valence-corrected chi connectivity index (χ1v) is 4.58. The Morgan fingerprint density at radius 1 is 1.47 bits per heavy atom. The van der Waals surface area contributed by atoms with Crippen LogP contribution in [0, 0.1) is 11.3 Å². The second-order valence-electron chi connectivity index (χ2n) is 2.91. The number of nitriles is 1. The highest BCUT2D eigenvalue weighted by molar-refractivity contribution is 5.90. The summed E-state index contributed by atoms with van der Waals surface area (Å²) in [7, 11) is 0. The van der Waals surface area contributed by atoms with E-state index in [0.29, 0.717) is 25.2 Å². The largest absolute Gasteiger partial charge is 0.493 e. The third kappa shape index (κ3) is 3.31. The number of para-hydroxylation sites is 1. The number of ether oxygens (including phenoxy) is 1. The first-order valence-electron chi connectivity index (χ1n) is 4.58. The van der Waals surface area contributed by atoms with E-state index in [9.17, 15) is 4.79 Å². The number of nitrogens with zero attached hydrogens (tertiary/aromatic N) is 1. The van der Waals surface area contributed by atoms with Crippen molar-refractivity contribution in [2.24, 2.45) is 0 Å². The molecule has 0 saturated carbocycles. The van der Waals surface area contributed by atoms with Crippen molar-refractivity contribution in [3.05, 3.63) is 29.8 Å². The monoisotopic (exact) mass is 205 g/mol. The second kappa shape index (κ2) is 5.66. The van der Waals surface area contributed by atoms with Crippen LogP contribution < -0.4 is 4.74 Å². The second-order valence-corrected chi connectivity index (χ2v) is 2.91. The average Bonchev–Trinajstić information content (AvgIpc) is 2.25. The fourth-order valence-electron chi connectivity index (χ4n) is 1.10. The molecule has 0 bridgehead atoms. The van der Waals surface area contributed by atoms with Gasteiger partial charge in [0.15, 0.2) is 0 Å². The molecule has 78 valence electrons. The van der Waals surface area contributed by atoms with Crippen LogP contribution in [0.4, 0.5) is 0 Å². The van der Waals surface area contributed by atoms with Gasteiger partial charge < -0.3 is 9.84 Å². The molecular weight excluding hydrogens is 194 g/mol. The van der Waals surface area contributed by atoms with Gasteiger partial charge in [-0.3, -0.25) is 0 Å². The number of benzene rings is 1. The van der Waals surface area contributed by atoms with Crippen LogP contribution in [0.15, 0.2) is 24.3 Å². The topological polar surface area (TPSA) is 70.3 Å². The Morgan fingerprint density at radius 2 is 2.20 bits per heavy atom. The van der Waals surface area contributed by atoms with Gasteiger partial charge in [-0.1, -0.05) is 12.1 Å². The smallest absolute Gasteiger partial charge is 0.339 e. The molecule has 4 heteroatoms. The van der Waals surface area contributed by atoms with E-state index >= 15 is 0 Å². The molecule has 0 aliphatic carbocycles. The zero-order valence-corrected chi connectivity index (χ0v) is 8.14. The summed E-state index contributed by atoms with van der Waals surface area (Å²) in [5.41, 5.74) is 0.148. The van der Waals surface area contributed by atoms with Crippen LogP contribution in [0.1, 0.15) is 23.2 Å². The minimum absolute atomic E-state index is 0.148. The summed E-state index contributed by atoms with van der Waals surface area (Å²) in [5.74, 6) is -0.658. The van der Waals surface area contributed by atoms with E-state index in [1.165, 1.54) is 6.07 Å². The van der Waals surface area contributed by atoms with Crippen LogP contribution in [0.25, 0.3) is 0 Å². The predicted octanol–water partition coefficient (Wildman–Crippen LogP) is 2.07. The van der Waals surface area contributed by atoms with Gasteiger partial charge in [0, 0.05) is 6.42 Å². The molecular formula is C11H11NO3. The number of carbonyl (C=O) groups is 1. The molecule has 0 amide bonds. The van der Waals surface area contributed by atoms with Crippen LogP contribution in [0.5, 0.6) is 5.75 Å². The van der Waals surface area contributed by atoms with Crippen molar-refractivity contribution in [3.8, 4) is 11.8 Å². The Kier molecular flexibility index (Phi) is 4.17. The molecule has 0 aliphatic heterocycles. The first-order chi connectivity index (χ1) is 7.25. The molecule has 0 atom stereocenters. The maximum absolute atomic E-state index is 10.8. The standard InChI is InChI=1S/C11H11NO3/c12-7-3-4-8-15-10-6-2-1-5-9(10)11(13)14/h1-2,5-6H,3-4,8H2,(H,13,14). The average molecular weight is 205 g/mol. The SMILES string of the molecule is N#CCCCOc1ccccc1C(=O)O. The third-order valence-corrected chi connectivity index (χ3v) is 1.81. The van der Waals surface area contributed by atoms with E-state index < -0.39 is 5.97 Å². The molecule has 0 spiro atoms. The molecule has 15 heavy (non-hydrogen) atoms. The van der Waals surface area contributed by atoms with E-state index in [1.807, 2.05) is 6.07 Å². The van der Waals surface area contributed by atoms with Crippen LogP contribution in [0.2, 0.25) is 0 Å². The van der Waals surface area contributed by atoms with Crippen molar-refractivity contribution in [1.29, 1.82) is 5.26 Å². The van der Waals surface area contributed by atoms with Crippen molar-refractivity contribution in [2.45, 2.75) is 12.8 Å². The molecule has 4 nitrogen and oxygen atoms in total. The fourth-order valence-corrected chi connectivity index (χ4v) is 1.10. The minimum atomic E-state index is -1.01. The maximum Gasteiger partial charge on any atom is 0.339 e. The zero-order chi connectivity index (χ0) is 11.1. The Hall–Kier alpha value is -2.02. The minimum Gasteiger partial charge on any atom is -0.493 e. The number of rotatable bonds is 5. The number of carboxylic acids is 1. The molecule has 1 rings (SSSR count). The van der Waals surface area contributed by atoms with Gasteiger partial charge in [-0.15, -0.1) is 0 Å². The number of unbranched alkanes of at least 4 members (excludes halogenated alkanes) is 1. The lowest BCUT2D eigenvalue weighted by molar-refractivity contribution is 0.0692. The van der Waals surface area contributed by atoms with E-state index in [-0.39, 0.29) is 5.56 Å². The van der Waals surface area contributed by atoms with Crippen molar-refractivity contribution in [3.63, 3.8) is 0 Å². The van der Waals surface area contributed by atoms with E-state index in [1.54, 1.807) is 18.2 Å². The Labute approximate surface area is 87.7 Å². The van der Waals surface area contributed by atoms with Gasteiger partial charge in [0.2, 0.25) is 0 Å². The summed E-state index contributed by atoms with van der Waals surface area (Å²) in [4.78, 5) is 10.8. The van der Waals surface area contributed by atoms with E-state index in [4.69, 9.17) is 15.1 Å². The highest BCUT2D eigenvalue weighted by Crippen LogP contribution is 2.17. The first kappa shape index (κ1) is 11.1. The highest BCUT2D eigenvalue weighted by atomic mass is 16.5. The molecule has 0 fully saturated rings. The number of hydrogen-bond donors (Lipinski definition) is 1. The zero-order valence-electron chi connectivity index (χ0n) is 8.14. The van der Waals surface area contributed by atoms with Gasteiger partial charge in [0.25, 0.3) is 0 Å². The Bertz CT molecular complexity index is 382. The maximum atomic E-state index is 10.8. The molecule has 0 unspecified atom stereocenters. The molecule has 1 aromatic carbocycles. The number of aromatic carboxylic acids is 1. The van der Waals surface area contributed by atoms with Crippen molar-refractivity contribution in [2.75, 3.05) is 6.61 Å². The third-order valence-electron chi connectivity index (χ3n) is 1.81. The van der Waals surface area contributed by atoms with Gasteiger partial charge in [0.1, 0.15) is 11.3 Å². The van der Waals surface area contributed by atoms with Crippen molar-refractivity contribution >= 4 is 5.97 Å². The summed E-state index contributed by atoms with van der Waals surface area (Å²) >= 11 is 0. The normalized spacial score (nSPS) is 9.27. The lowest BCUT2D eigenvalue weighted by Crippen LogP contribution is -2.03. The molecule has 0 heterocycles. The molecule has 0 radical (unpaired) electrons. The van der Waals surface area contributed by atoms with Crippen LogP contribution in [-0.2, 0) is 0 Å². The number of carboxylic acid groups (broad SMARTS) is 1. The number of hydrogen-bond acceptors (Lipinski definition) is 3. The van der Waals surface area contributed by atoms with Gasteiger partial charge in [0.05, 0.1) is 12.7 Å². The van der Waals surface area contributed by atoms with Gasteiger partial charge in [-0.2, -0.15) is 5.26 Å². The quantitative estimate of drug-likeness (QED) is 0.747. The van der Waals surface area contributed by atoms with Gasteiger partial charge >= 0.3 is 5.97 Å². The lowest BCUT2D eigenvalue weighted by Gasteiger charge is -2.07. The molecule has 1 N–H and O–H groups in total. The molecule has 0 saturated heterocycles. The van der Waals surface area contributed by atoms with E-state index in [2.05, 4.69) is 0 Å². The molecule has 0 aliphatic rings. The van der Waals surface area contributed by atoms with Crippen LogP contribution in [0.3, 0.4) is 0 Å². The van der Waals surface area contributed by atoms with E-state index in [0.717, 1.165) is 0 Å². The van der Waals surface area contributed by atoms with Crippen molar-refractivity contribution < 1.29 is 14.6 Å². The summed E-state index contributed by atoms with van der Waals surface area (Å²) < 4.78 is 5.27. The highest BCUT2D eigenvalue weighted by Gasteiger charge is 2.09. The summed E-state index contributed by atoms with van der Waals surface area (Å²) in [5, 5.41) is 17.1. The van der Waals surface area contributed by atoms with Crippen molar-refractivity contribution in [1.82, 2.24) is 0 Å². The van der Waals surface area contributed by atoms with Crippen LogP contribution >= 0.6 is 0 Å². The van der Waals surface area contributed by atoms with Gasteiger partial charge in [-0.25, -0.2) is 4.79 Å². The Morgan fingerprint density at radius 3 is 2.87 bits per heavy atom. The van der Waals surface area contributed by atoms with Gasteiger partial charge in [-0.05, 0) is 18.6 Å². The summed E-state index contributed by atoms with van der Waals surface area (Å²) in [6, 6.07) is 8.45. The molecule has 1 aromatic rings. The lowest BCUT2D eigenvalue weighted by atomic mass is 10.2. The summed E-state index contributed by atoms with van der Waals surface area (Å²) in [6.07, 6.45) is 1.01. The predicted molar refractivity (Wildman–Crippen MR) is 53.7 cm³/mol. The molecule has 0 aromatic heterocycles. The fraction of sp³-hybridized carbons (Fsp3) is 0.273. The Balaban J connectivity index is 2.60.